The topological polar surface area (TPSA) is 58.6 Å². The first-order valence-corrected chi connectivity index (χ1v) is 4.03. The van der Waals surface area contributed by atoms with Crippen molar-refractivity contribution in [1.82, 2.24) is 10.2 Å². The lowest BCUT2D eigenvalue weighted by Gasteiger charge is -2.16. The largest absolute Gasteiger partial charge is 0.466 e. The number of hydrogen-bond donors (Lipinski definition) is 1. The van der Waals surface area contributed by atoms with Crippen molar-refractivity contribution in [3.8, 4) is 0 Å². The molecular formula is C8H11F3N2O3. The fourth-order valence-corrected chi connectivity index (χ4v) is 0.593. The summed E-state index contributed by atoms with van der Waals surface area (Å²) in [5, 5.41) is 1.54. The molecule has 0 saturated heterocycles. The molecule has 0 aromatic rings. The van der Waals surface area contributed by atoms with E-state index in [9.17, 15) is 22.8 Å². The molecule has 0 saturated carbocycles. The number of methoxy groups -OCH3 is 1. The van der Waals surface area contributed by atoms with Gasteiger partial charge in [0.1, 0.15) is 5.70 Å². The predicted octanol–water partition coefficient (Wildman–Crippen LogP) is 0.877. The number of allylic oxidation sites excluding steroid dienone is 1. The van der Waals surface area contributed by atoms with Crippen LogP contribution < -0.4 is 5.32 Å². The zero-order valence-electron chi connectivity index (χ0n) is 8.88. The molecule has 0 aromatic carbocycles. The minimum absolute atomic E-state index is 0.168. The van der Waals surface area contributed by atoms with E-state index in [1.807, 2.05) is 0 Å². The Balaban J connectivity index is 4.92. The second-order valence-electron chi connectivity index (χ2n) is 2.90. The molecule has 0 radical (unpaired) electrons. The van der Waals surface area contributed by atoms with E-state index in [1.54, 1.807) is 5.32 Å². The maximum Gasteiger partial charge on any atom is 0.431 e. The van der Waals surface area contributed by atoms with Crippen LogP contribution >= 0.6 is 0 Å². The van der Waals surface area contributed by atoms with Crippen LogP contribution in [0.5, 0.6) is 0 Å². The zero-order valence-corrected chi connectivity index (χ0v) is 8.88. The second-order valence-corrected chi connectivity index (χ2v) is 2.90. The monoisotopic (exact) mass is 240 g/mol. The lowest BCUT2D eigenvalue weighted by molar-refractivity contribution is -0.136. The molecule has 0 fully saturated rings. The molecule has 0 bridgehead atoms. The fraction of sp³-hybridized carbons (Fsp3) is 0.500. The molecule has 0 aliphatic heterocycles. The third-order valence-corrected chi connectivity index (χ3v) is 1.42. The smallest absolute Gasteiger partial charge is 0.431 e. The Morgan fingerprint density at radius 3 is 2.12 bits per heavy atom. The Labute approximate surface area is 89.8 Å². The third-order valence-electron chi connectivity index (χ3n) is 1.42. The van der Waals surface area contributed by atoms with Gasteiger partial charge in [0.25, 0.3) is 0 Å². The predicted molar refractivity (Wildman–Crippen MR) is 48.4 cm³/mol. The third kappa shape index (κ3) is 4.67. The maximum atomic E-state index is 12.3. The van der Waals surface area contributed by atoms with Gasteiger partial charge >= 0.3 is 18.2 Å². The molecule has 0 unspecified atom stereocenters. The molecule has 0 heterocycles. The summed E-state index contributed by atoms with van der Waals surface area (Å²) in [6, 6.07) is -0.993. The van der Waals surface area contributed by atoms with Crippen LogP contribution in [0.15, 0.2) is 11.8 Å². The summed E-state index contributed by atoms with van der Waals surface area (Å²) in [5.74, 6) is -1.20. The molecule has 0 rings (SSSR count). The van der Waals surface area contributed by atoms with Crippen LogP contribution in [0.25, 0.3) is 0 Å². The number of rotatable bonds is 2. The van der Waals surface area contributed by atoms with E-state index in [1.165, 1.54) is 14.1 Å². The number of ether oxygens (including phenoxy) is 1. The van der Waals surface area contributed by atoms with Crippen molar-refractivity contribution in [2.45, 2.75) is 6.18 Å². The van der Waals surface area contributed by atoms with E-state index in [0.717, 1.165) is 12.0 Å². The van der Waals surface area contributed by atoms with Crippen LogP contribution in [0.4, 0.5) is 18.0 Å². The highest BCUT2D eigenvalue weighted by Gasteiger charge is 2.36. The molecular weight excluding hydrogens is 229 g/mol. The van der Waals surface area contributed by atoms with Crippen molar-refractivity contribution >= 4 is 12.0 Å². The first-order chi connectivity index (χ1) is 7.18. The highest BCUT2D eigenvalue weighted by atomic mass is 19.4. The first kappa shape index (κ1) is 14.3. The molecule has 0 atom stereocenters. The molecule has 0 aromatic heterocycles. The standard InChI is InChI=1S/C8H11F3N2O3/c1-13(2)7(15)12-5(8(9,10)11)4-6(14)16-3/h4H,1-3H3,(H,12,15)/b5-4-. The fourth-order valence-electron chi connectivity index (χ4n) is 0.593. The van der Waals surface area contributed by atoms with Gasteiger partial charge in [0.05, 0.1) is 13.2 Å². The molecule has 8 heteroatoms. The number of nitrogens with zero attached hydrogens (tertiary/aromatic N) is 1. The number of halogens is 3. The van der Waals surface area contributed by atoms with Crippen molar-refractivity contribution in [3.05, 3.63) is 11.8 Å². The number of esters is 1. The average Bonchev–Trinajstić information content (AvgIpc) is 2.14. The minimum Gasteiger partial charge on any atom is -0.466 e. The molecule has 0 aliphatic carbocycles. The Morgan fingerprint density at radius 2 is 1.81 bits per heavy atom. The minimum atomic E-state index is -4.83. The normalized spacial score (nSPS) is 12.0. The molecule has 2 amide bonds. The Hall–Kier alpha value is -1.73. The number of carbonyl (C=O) groups excluding carboxylic acids is 2. The number of urea groups is 1. The van der Waals surface area contributed by atoms with E-state index in [-0.39, 0.29) is 6.08 Å². The van der Waals surface area contributed by atoms with Crippen LogP contribution in [-0.2, 0) is 9.53 Å². The molecule has 16 heavy (non-hydrogen) atoms. The second kappa shape index (κ2) is 5.38. The van der Waals surface area contributed by atoms with Gasteiger partial charge in [-0.1, -0.05) is 0 Å². The summed E-state index contributed by atoms with van der Waals surface area (Å²) in [6.45, 7) is 0. The van der Waals surface area contributed by atoms with Crippen LogP contribution in [0.1, 0.15) is 0 Å². The summed E-state index contributed by atoms with van der Waals surface area (Å²) in [5.41, 5.74) is -1.47. The quantitative estimate of drug-likeness (QED) is 0.575. The van der Waals surface area contributed by atoms with Gasteiger partial charge in [-0.2, -0.15) is 13.2 Å². The number of nitrogens with one attached hydrogen (secondary N) is 1. The maximum absolute atomic E-state index is 12.3. The van der Waals surface area contributed by atoms with Crippen LogP contribution in [0.2, 0.25) is 0 Å². The Morgan fingerprint density at radius 1 is 1.31 bits per heavy atom. The summed E-state index contributed by atoms with van der Waals surface area (Å²) in [4.78, 5) is 22.5. The molecule has 1 N–H and O–H groups in total. The van der Waals surface area contributed by atoms with Crippen molar-refractivity contribution in [3.63, 3.8) is 0 Å². The van der Waals surface area contributed by atoms with Gasteiger partial charge in [-0.25, -0.2) is 9.59 Å². The van der Waals surface area contributed by atoms with Crippen LogP contribution in [-0.4, -0.2) is 44.3 Å². The average molecular weight is 240 g/mol. The summed E-state index contributed by atoms with van der Waals surface area (Å²) in [6.07, 6.45) is -4.67. The van der Waals surface area contributed by atoms with Gasteiger partial charge in [-0.3, -0.25) is 0 Å². The van der Waals surface area contributed by atoms with E-state index >= 15 is 0 Å². The van der Waals surface area contributed by atoms with Gasteiger partial charge in [0.15, 0.2) is 0 Å². The number of carbonyl (C=O) groups is 2. The van der Waals surface area contributed by atoms with Crippen molar-refractivity contribution < 1.29 is 27.5 Å². The lowest BCUT2D eigenvalue weighted by Crippen LogP contribution is -2.38. The summed E-state index contributed by atoms with van der Waals surface area (Å²) < 4.78 is 41.0. The van der Waals surface area contributed by atoms with E-state index < -0.39 is 23.9 Å². The Kier molecular flexibility index (Phi) is 4.80. The van der Waals surface area contributed by atoms with E-state index in [0.29, 0.717) is 0 Å². The van der Waals surface area contributed by atoms with Crippen LogP contribution in [0.3, 0.4) is 0 Å². The van der Waals surface area contributed by atoms with Crippen molar-refractivity contribution in [2.24, 2.45) is 0 Å². The number of alkyl halides is 3. The van der Waals surface area contributed by atoms with Gasteiger partial charge in [-0.15, -0.1) is 0 Å². The van der Waals surface area contributed by atoms with E-state index in [4.69, 9.17) is 0 Å². The molecule has 0 aliphatic rings. The van der Waals surface area contributed by atoms with Crippen LogP contribution in [0, 0.1) is 0 Å². The van der Waals surface area contributed by atoms with Crippen molar-refractivity contribution in [2.75, 3.05) is 21.2 Å². The summed E-state index contributed by atoms with van der Waals surface area (Å²) >= 11 is 0. The SMILES string of the molecule is COC(=O)/C=C(\NC(=O)N(C)C)C(F)(F)F. The first-order valence-electron chi connectivity index (χ1n) is 4.03. The van der Waals surface area contributed by atoms with E-state index in [2.05, 4.69) is 4.74 Å². The molecule has 5 nitrogen and oxygen atoms in total. The molecule has 0 spiro atoms. The Bertz CT molecular complexity index is 310. The number of hydrogen-bond acceptors (Lipinski definition) is 3. The highest BCUT2D eigenvalue weighted by molar-refractivity contribution is 5.84. The zero-order chi connectivity index (χ0) is 12.9. The lowest BCUT2D eigenvalue weighted by atomic mass is 10.4. The van der Waals surface area contributed by atoms with Crippen molar-refractivity contribution in [1.29, 1.82) is 0 Å². The highest BCUT2D eigenvalue weighted by Crippen LogP contribution is 2.23. The van der Waals surface area contributed by atoms with Gasteiger partial charge in [0, 0.05) is 14.1 Å². The summed E-state index contributed by atoms with van der Waals surface area (Å²) in [7, 11) is 3.46. The number of amides is 2. The molecule has 92 valence electrons. The van der Waals surface area contributed by atoms with Gasteiger partial charge in [0.2, 0.25) is 0 Å². The van der Waals surface area contributed by atoms with Gasteiger partial charge in [-0.05, 0) is 0 Å². The van der Waals surface area contributed by atoms with Gasteiger partial charge < -0.3 is 15.0 Å².